The Kier molecular flexibility index (Phi) is 5.74. The monoisotopic (exact) mass is 752 g/mol. The van der Waals surface area contributed by atoms with Crippen LogP contribution in [-0.2, 0) is 0 Å². The second-order valence-electron chi connectivity index (χ2n) is 17.1. The summed E-state index contributed by atoms with van der Waals surface area (Å²) in [5.74, 6) is 0. The maximum Gasteiger partial charge on any atom is -0.00199 e. The van der Waals surface area contributed by atoms with Crippen LogP contribution in [0.4, 0.5) is 0 Å². The number of rotatable bonds is 2. The van der Waals surface area contributed by atoms with E-state index in [0.29, 0.717) is 0 Å². The summed E-state index contributed by atoms with van der Waals surface area (Å²) >= 11 is 0. The molecule has 0 heteroatoms. The van der Waals surface area contributed by atoms with Crippen molar-refractivity contribution in [1.82, 2.24) is 0 Å². The molecule has 1 aliphatic rings. The van der Waals surface area contributed by atoms with Crippen molar-refractivity contribution in [3.8, 4) is 44.5 Å². The van der Waals surface area contributed by atoms with E-state index in [1.54, 1.807) is 0 Å². The highest BCUT2D eigenvalue weighted by atomic mass is 14.3. The molecule has 0 radical (unpaired) electrons. The lowest BCUT2D eigenvalue weighted by Gasteiger charge is -2.22. The average Bonchev–Trinajstić information content (AvgIpc) is 3.61. The largest absolute Gasteiger partial charge is 0.0616 e. The first-order valence-corrected chi connectivity index (χ1v) is 21.1. The van der Waals surface area contributed by atoms with E-state index >= 15 is 0 Å². The molecular weight excluding hydrogens is 721 g/mol. The van der Waals surface area contributed by atoms with E-state index in [4.69, 9.17) is 0 Å². The average molecular weight is 753 g/mol. The van der Waals surface area contributed by atoms with Crippen LogP contribution in [0.3, 0.4) is 0 Å². The molecule has 0 unspecified atom stereocenters. The molecule has 0 heterocycles. The molecule has 0 saturated heterocycles. The molecular formula is C60H32. The van der Waals surface area contributed by atoms with Crippen molar-refractivity contribution < 1.29 is 0 Å². The van der Waals surface area contributed by atoms with Crippen LogP contribution in [0.15, 0.2) is 194 Å². The Morgan fingerprint density at radius 3 is 1.15 bits per heavy atom. The molecule has 272 valence electrons. The van der Waals surface area contributed by atoms with E-state index in [0.717, 1.165) is 0 Å². The Bertz CT molecular complexity index is 4190. The summed E-state index contributed by atoms with van der Waals surface area (Å²) in [4.78, 5) is 0. The van der Waals surface area contributed by atoms with Gasteiger partial charge in [-0.1, -0.05) is 176 Å². The minimum Gasteiger partial charge on any atom is -0.0616 e. The summed E-state index contributed by atoms with van der Waals surface area (Å²) in [5.41, 5.74) is 10.4. The van der Waals surface area contributed by atoms with E-state index in [1.165, 1.54) is 152 Å². The van der Waals surface area contributed by atoms with Gasteiger partial charge in [-0.2, -0.15) is 0 Å². The van der Waals surface area contributed by atoms with Gasteiger partial charge >= 0.3 is 0 Å². The standard InChI is InChI=1S/C60H32/c1-2-13-40-39(8-1)30-51-50-32-53-52(31-49(50)44-17-7-16-41(40)58(44)51)59(47-28-24-37-20-18-33-9-5-11-35-22-26-45(47)56(37)54(33)35)42-14-3-4-15-43(42)60(53)48-29-25-38-21-19-34-10-6-12-36-23-27-46(48)57(38)55(34)36/h1-32H. The van der Waals surface area contributed by atoms with Crippen LogP contribution in [0.1, 0.15) is 0 Å². The van der Waals surface area contributed by atoms with Crippen LogP contribution in [-0.4, -0.2) is 0 Å². The van der Waals surface area contributed by atoms with Gasteiger partial charge in [-0.3, -0.25) is 0 Å². The Hall–Kier alpha value is -7.80. The van der Waals surface area contributed by atoms with E-state index in [1.807, 2.05) is 0 Å². The molecule has 0 atom stereocenters. The van der Waals surface area contributed by atoms with Crippen molar-refractivity contribution in [2.45, 2.75) is 0 Å². The molecule has 0 bridgehead atoms. The number of fused-ring (bicyclic) bond motifs is 7. The molecule has 0 amide bonds. The lowest BCUT2D eigenvalue weighted by atomic mass is 9.80. The highest BCUT2D eigenvalue weighted by Crippen LogP contribution is 2.55. The topological polar surface area (TPSA) is 0 Å². The lowest BCUT2D eigenvalue weighted by Crippen LogP contribution is -1.95. The summed E-state index contributed by atoms with van der Waals surface area (Å²) in [7, 11) is 0. The quantitative estimate of drug-likeness (QED) is 0.122. The zero-order valence-electron chi connectivity index (χ0n) is 32.5. The predicted octanol–water partition coefficient (Wildman–Crippen LogP) is 17.1. The first-order chi connectivity index (χ1) is 29.8. The predicted molar refractivity (Wildman–Crippen MR) is 259 cm³/mol. The van der Waals surface area contributed by atoms with Crippen molar-refractivity contribution in [2.24, 2.45) is 0 Å². The zero-order chi connectivity index (χ0) is 38.8. The molecule has 1 aliphatic carbocycles. The van der Waals surface area contributed by atoms with Gasteiger partial charge in [0.25, 0.3) is 0 Å². The summed E-state index contributed by atoms with van der Waals surface area (Å²) in [5, 5.41) is 26.1. The van der Waals surface area contributed by atoms with Crippen molar-refractivity contribution in [1.29, 1.82) is 0 Å². The van der Waals surface area contributed by atoms with Crippen LogP contribution < -0.4 is 0 Å². The number of hydrogen-bond acceptors (Lipinski definition) is 0. The van der Waals surface area contributed by atoms with Gasteiger partial charge in [0, 0.05) is 0 Å². The fourth-order valence-corrected chi connectivity index (χ4v) is 11.8. The first-order valence-electron chi connectivity index (χ1n) is 21.1. The SMILES string of the molecule is c1ccc2c(c1)cc1c3c(cccc32)-c2cc3c(-c4ccc5ccc6cccc7ccc4c5c67)c4ccccc4c(-c4ccc5ccc6cccc7ccc4c5c67)c3cc2-1. The molecule has 14 aromatic rings. The highest BCUT2D eigenvalue weighted by Gasteiger charge is 2.28. The fourth-order valence-electron chi connectivity index (χ4n) is 11.8. The van der Waals surface area contributed by atoms with Crippen LogP contribution in [0.5, 0.6) is 0 Å². The van der Waals surface area contributed by atoms with E-state index < -0.39 is 0 Å². The Balaban J connectivity index is 1.15. The molecule has 0 saturated carbocycles. The summed E-state index contributed by atoms with van der Waals surface area (Å²) in [6.07, 6.45) is 0. The van der Waals surface area contributed by atoms with Gasteiger partial charge in [0.2, 0.25) is 0 Å². The highest BCUT2D eigenvalue weighted by molar-refractivity contribution is 6.34. The molecule has 14 aromatic carbocycles. The normalized spacial score (nSPS) is 12.7. The molecule has 0 spiro atoms. The van der Waals surface area contributed by atoms with Crippen LogP contribution in [0, 0.1) is 0 Å². The third-order valence-corrected chi connectivity index (χ3v) is 14.2. The third kappa shape index (κ3) is 3.83. The maximum absolute atomic E-state index is 2.56. The molecule has 60 heavy (non-hydrogen) atoms. The Labute approximate surface area is 344 Å². The van der Waals surface area contributed by atoms with Gasteiger partial charge in [0.05, 0.1) is 0 Å². The zero-order valence-corrected chi connectivity index (χ0v) is 32.5. The van der Waals surface area contributed by atoms with Crippen LogP contribution in [0.25, 0.3) is 152 Å². The van der Waals surface area contributed by atoms with Crippen molar-refractivity contribution in [3.05, 3.63) is 194 Å². The minimum absolute atomic E-state index is 1.28. The Morgan fingerprint density at radius 1 is 0.167 bits per heavy atom. The molecule has 0 aliphatic heterocycles. The summed E-state index contributed by atoms with van der Waals surface area (Å²) in [6, 6.07) is 74.1. The van der Waals surface area contributed by atoms with Gasteiger partial charge in [0.15, 0.2) is 0 Å². The van der Waals surface area contributed by atoms with E-state index in [2.05, 4.69) is 194 Å². The third-order valence-electron chi connectivity index (χ3n) is 14.2. The molecule has 15 rings (SSSR count). The second kappa shape index (κ2) is 11.0. The smallest absolute Gasteiger partial charge is 0.00199 e. The van der Waals surface area contributed by atoms with Gasteiger partial charge in [-0.15, -0.1) is 0 Å². The van der Waals surface area contributed by atoms with E-state index in [9.17, 15) is 0 Å². The number of hydrogen-bond donors (Lipinski definition) is 0. The molecule has 0 nitrogen and oxygen atoms in total. The van der Waals surface area contributed by atoms with Crippen molar-refractivity contribution >= 4 is 108 Å². The fraction of sp³-hybridized carbons (Fsp3) is 0. The summed E-state index contributed by atoms with van der Waals surface area (Å²) in [6.45, 7) is 0. The Morgan fingerprint density at radius 2 is 0.583 bits per heavy atom. The van der Waals surface area contributed by atoms with Crippen LogP contribution in [0.2, 0.25) is 0 Å². The van der Waals surface area contributed by atoms with Gasteiger partial charge in [0.1, 0.15) is 0 Å². The van der Waals surface area contributed by atoms with Crippen molar-refractivity contribution in [2.75, 3.05) is 0 Å². The van der Waals surface area contributed by atoms with Crippen molar-refractivity contribution in [3.63, 3.8) is 0 Å². The van der Waals surface area contributed by atoms with Crippen LogP contribution >= 0.6 is 0 Å². The summed E-state index contributed by atoms with van der Waals surface area (Å²) < 4.78 is 0. The van der Waals surface area contributed by atoms with E-state index in [-0.39, 0.29) is 0 Å². The molecule has 0 fully saturated rings. The van der Waals surface area contributed by atoms with Gasteiger partial charge in [-0.05, 0) is 170 Å². The first kappa shape index (κ1) is 31.2. The maximum atomic E-state index is 2.56. The second-order valence-corrected chi connectivity index (χ2v) is 17.1. The molecule has 0 N–H and O–H groups in total. The minimum atomic E-state index is 1.28. The number of benzene rings is 14. The van der Waals surface area contributed by atoms with Gasteiger partial charge in [-0.25, -0.2) is 0 Å². The molecule has 0 aromatic heterocycles. The lowest BCUT2D eigenvalue weighted by molar-refractivity contribution is 1.70. The van der Waals surface area contributed by atoms with Gasteiger partial charge < -0.3 is 0 Å².